The number of rotatable bonds is 3. The maximum absolute atomic E-state index is 12.8. The minimum Gasteiger partial charge on any atom is -0.339 e. The number of nitrogens with one attached hydrogen (secondary N) is 1. The summed E-state index contributed by atoms with van der Waals surface area (Å²) in [5, 5.41) is 3.01. The Bertz CT molecular complexity index is 826. The van der Waals surface area contributed by atoms with Gasteiger partial charge in [-0.1, -0.05) is 36.6 Å². The van der Waals surface area contributed by atoms with Crippen molar-refractivity contribution in [1.29, 1.82) is 0 Å². The normalized spacial score (nSPS) is 14.6. The minimum atomic E-state index is -0.185. The van der Waals surface area contributed by atoms with Crippen molar-refractivity contribution in [2.45, 2.75) is 46.5 Å². The molecule has 0 bridgehead atoms. The van der Waals surface area contributed by atoms with Crippen molar-refractivity contribution in [3.8, 4) is 0 Å². The first-order valence-electron chi connectivity index (χ1n) is 9.74. The minimum absolute atomic E-state index is 0.0225. The zero-order valence-electron chi connectivity index (χ0n) is 16.5. The summed E-state index contributed by atoms with van der Waals surface area (Å²) < 4.78 is 0. The van der Waals surface area contributed by atoms with Crippen LogP contribution in [-0.4, -0.2) is 29.8 Å². The first-order valence-corrected chi connectivity index (χ1v) is 9.74. The third kappa shape index (κ3) is 4.57. The van der Waals surface area contributed by atoms with Crippen LogP contribution in [0.4, 0.5) is 5.69 Å². The molecule has 2 amide bonds. The molecule has 4 nitrogen and oxygen atoms in total. The smallest absolute Gasteiger partial charge is 0.255 e. The molecule has 4 heteroatoms. The van der Waals surface area contributed by atoms with Gasteiger partial charge in [-0.05, 0) is 62.9 Å². The van der Waals surface area contributed by atoms with Gasteiger partial charge in [-0.3, -0.25) is 9.59 Å². The van der Waals surface area contributed by atoms with Crippen LogP contribution in [0.25, 0.3) is 0 Å². The van der Waals surface area contributed by atoms with E-state index in [1.165, 1.54) is 18.4 Å². The Balaban J connectivity index is 1.79. The molecule has 2 aromatic rings. The molecule has 2 aromatic carbocycles. The van der Waals surface area contributed by atoms with E-state index in [2.05, 4.69) is 17.4 Å². The van der Waals surface area contributed by atoms with Crippen LogP contribution in [0.15, 0.2) is 36.4 Å². The molecule has 0 aliphatic carbocycles. The summed E-state index contributed by atoms with van der Waals surface area (Å²) in [5.41, 5.74) is 5.19. The highest BCUT2D eigenvalue weighted by Crippen LogP contribution is 2.23. The highest BCUT2D eigenvalue weighted by atomic mass is 16.2. The monoisotopic (exact) mass is 364 g/mol. The standard InChI is InChI=1S/C23H28N2O2/c1-16-13-17(2)21(18(3)14-16)24-22(26)19-9-8-10-20(15-19)23(27)25-11-6-4-5-7-12-25/h8-10,13-15H,4-7,11-12H2,1-3H3,(H,24,26). The van der Waals surface area contributed by atoms with Crippen LogP contribution in [-0.2, 0) is 0 Å². The van der Waals surface area contributed by atoms with Crippen LogP contribution in [0.1, 0.15) is 63.1 Å². The fraction of sp³-hybridized carbons (Fsp3) is 0.391. The molecule has 0 unspecified atom stereocenters. The zero-order valence-corrected chi connectivity index (χ0v) is 16.5. The van der Waals surface area contributed by atoms with Crippen molar-refractivity contribution in [3.63, 3.8) is 0 Å². The van der Waals surface area contributed by atoms with E-state index in [9.17, 15) is 9.59 Å². The second-order valence-corrected chi connectivity index (χ2v) is 7.52. The number of aryl methyl sites for hydroxylation is 3. The number of amides is 2. The molecule has 0 saturated carbocycles. The molecule has 0 atom stereocenters. The summed E-state index contributed by atoms with van der Waals surface area (Å²) in [6.07, 6.45) is 4.47. The molecule has 1 aliphatic rings. The lowest BCUT2D eigenvalue weighted by Crippen LogP contribution is -2.32. The lowest BCUT2D eigenvalue weighted by Gasteiger charge is -2.20. The molecule has 1 aliphatic heterocycles. The van der Waals surface area contributed by atoms with Gasteiger partial charge in [0.15, 0.2) is 0 Å². The Hall–Kier alpha value is -2.62. The van der Waals surface area contributed by atoms with Crippen molar-refractivity contribution < 1.29 is 9.59 Å². The van der Waals surface area contributed by atoms with Crippen molar-refractivity contribution in [2.75, 3.05) is 18.4 Å². The molecule has 0 aromatic heterocycles. The highest BCUT2D eigenvalue weighted by molar-refractivity contribution is 6.06. The predicted molar refractivity (Wildman–Crippen MR) is 109 cm³/mol. The number of anilines is 1. The van der Waals surface area contributed by atoms with Gasteiger partial charge in [0.25, 0.3) is 11.8 Å². The second kappa shape index (κ2) is 8.38. The van der Waals surface area contributed by atoms with Crippen LogP contribution >= 0.6 is 0 Å². The van der Waals surface area contributed by atoms with E-state index < -0.39 is 0 Å². The molecular formula is C23H28N2O2. The Morgan fingerprint density at radius 1 is 0.852 bits per heavy atom. The van der Waals surface area contributed by atoms with E-state index in [1.807, 2.05) is 25.7 Å². The predicted octanol–water partition coefficient (Wildman–Crippen LogP) is 4.88. The maximum atomic E-state index is 12.8. The van der Waals surface area contributed by atoms with Crippen LogP contribution < -0.4 is 5.32 Å². The van der Waals surface area contributed by atoms with Gasteiger partial charge in [0.2, 0.25) is 0 Å². The number of benzene rings is 2. The van der Waals surface area contributed by atoms with Crippen molar-refractivity contribution >= 4 is 17.5 Å². The van der Waals surface area contributed by atoms with Gasteiger partial charge in [0, 0.05) is 29.9 Å². The van der Waals surface area contributed by atoms with E-state index in [0.717, 1.165) is 42.7 Å². The van der Waals surface area contributed by atoms with Gasteiger partial charge >= 0.3 is 0 Å². The summed E-state index contributed by atoms with van der Waals surface area (Å²) in [6, 6.07) is 11.2. The van der Waals surface area contributed by atoms with Crippen LogP contribution in [0.3, 0.4) is 0 Å². The van der Waals surface area contributed by atoms with Gasteiger partial charge in [-0.2, -0.15) is 0 Å². The SMILES string of the molecule is Cc1cc(C)c(NC(=O)c2cccc(C(=O)N3CCCCCC3)c2)c(C)c1. The summed E-state index contributed by atoms with van der Waals surface area (Å²) in [7, 11) is 0. The van der Waals surface area contributed by atoms with E-state index in [1.54, 1.807) is 24.3 Å². The fourth-order valence-electron chi connectivity index (χ4n) is 3.81. The zero-order chi connectivity index (χ0) is 19.4. The van der Waals surface area contributed by atoms with Gasteiger partial charge < -0.3 is 10.2 Å². The first kappa shape index (κ1) is 19.2. The largest absolute Gasteiger partial charge is 0.339 e. The van der Waals surface area contributed by atoms with E-state index in [-0.39, 0.29) is 11.8 Å². The lowest BCUT2D eigenvalue weighted by atomic mass is 10.0. The molecule has 1 heterocycles. The summed E-state index contributed by atoms with van der Waals surface area (Å²) in [5.74, 6) is -0.162. The number of carbonyl (C=O) groups excluding carboxylic acids is 2. The average molecular weight is 364 g/mol. The molecule has 3 rings (SSSR count). The fourth-order valence-corrected chi connectivity index (χ4v) is 3.81. The van der Waals surface area contributed by atoms with Crippen LogP contribution in [0, 0.1) is 20.8 Å². The van der Waals surface area contributed by atoms with Gasteiger partial charge in [-0.15, -0.1) is 0 Å². The van der Waals surface area contributed by atoms with E-state index in [0.29, 0.717) is 11.1 Å². The topological polar surface area (TPSA) is 49.4 Å². The number of hydrogen-bond donors (Lipinski definition) is 1. The van der Waals surface area contributed by atoms with Crippen LogP contribution in [0.2, 0.25) is 0 Å². The molecule has 142 valence electrons. The average Bonchev–Trinajstić information content (AvgIpc) is 2.93. The van der Waals surface area contributed by atoms with Gasteiger partial charge in [0.05, 0.1) is 0 Å². The lowest BCUT2D eigenvalue weighted by molar-refractivity contribution is 0.0761. The summed E-state index contributed by atoms with van der Waals surface area (Å²) in [4.78, 5) is 27.5. The maximum Gasteiger partial charge on any atom is 0.255 e. The van der Waals surface area contributed by atoms with E-state index >= 15 is 0 Å². The molecule has 1 fully saturated rings. The number of likely N-dealkylation sites (tertiary alicyclic amines) is 1. The Morgan fingerprint density at radius 3 is 2.07 bits per heavy atom. The third-order valence-corrected chi connectivity index (χ3v) is 5.18. The van der Waals surface area contributed by atoms with E-state index in [4.69, 9.17) is 0 Å². The number of nitrogens with zero attached hydrogens (tertiary/aromatic N) is 1. The van der Waals surface area contributed by atoms with Gasteiger partial charge in [0.1, 0.15) is 0 Å². The number of hydrogen-bond acceptors (Lipinski definition) is 2. The van der Waals surface area contributed by atoms with Crippen molar-refractivity contribution in [3.05, 3.63) is 64.2 Å². The molecule has 1 saturated heterocycles. The molecule has 1 N–H and O–H groups in total. The Labute approximate surface area is 161 Å². The van der Waals surface area contributed by atoms with Crippen LogP contribution in [0.5, 0.6) is 0 Å². The van der Waals surface area contributed by atoms with Crippen molar-refractivity contribution in [1.82, 2.24) is 4.90 Å². The van der Waals surface area contributed by atoms with Crippen molar-refractivity contribution in [2.24, 2.45) is 0 Å². The van der Waals surface area contributed by atoms with Gasteiger partial charge in [-0.25, -0.2) is 0 Å². The Morgan fingerprint density at radius 2 is 1.44 bits per heavy atom. The summed E-state index contributed by atoms with van der Waals surface area (Å²) >= 11 is 0. The number of carbonyl (C=O) groups is 2. The highest BCUT2D eigenvalue weighted by Gasteiger charge is 2.19. The third-order valence-electron chi connectivity index (χ3n) is 5.18. The first-order chi connectivity index (χ1) is 13.0. The molecule has 27 heavy (non-hydrogen) atoms. The Kier molecular flexibility index (Phi) is 5.94. The molecular weight excluding hydrogens is 336 g/mol. The second-order valence-electron chi connectivity index (χ2n) is 7.52. The molecule has 0 spiro atoms. The molecule has 0 radical (unpaired) electrons. The quantitative estimate of drug-likeness (QED) is 0.844. The summed E-state index contributed by atoms with van der Waals surface area (Å²) in [6.45, 7) is 7.64.